The zero-order valence-electron chi connectivity index (χ0n) is 10.5. The minimum atomic E-state index is 0. The highest BCUT2D eigenvalue weighted by Crippen LogP contribution is 2.57. The molecule has 2 bridgehead atoms. The van der Waals surface area contributed by atoms with Crippen molar-refractivity contribution in [3.8, 4) is 0 Å². The summed E-state index contributed by atoms with van der Waals surface area (Å²) in [4.78, 5) is 0. The van der Waals surface area contributed by atoms with Gasteiger partial charge in [0.05, 0.1) is 26.2 Å². The van der Waals surface area contributed by atoms with Crippen molar-refractivity contribution in [2.45, 2.75) is 54.0 Å². The van der Waals surface area contributed by atoms with Crippen LogP contribution in [0.1, 0.15) is 48.0 Å². The molecule has 0 radical (unpaired) electrons. The number of nitrogens with zero attached hydrogens (tertiary/aromatic N) is 1. The monoisotopic (exact) mass is 212 g/mol. The highest BCUT2D eigenvalue weighted by molar-refractivity contribution is 5.01. The third-order valence-electron chi connectivity index (χ3n) is 5.55. The Morgan fingerprint density at radius 3 is 2.40 bits per heavy atom. The molecule has 1 nitrogen and oxygen atoms in total. The molecule has 3 aliphatic rings. The Labute approximate surface area is 96.4 Å². The normalized spacial score (nSPS) is 47.4. The second-order valence-electron chi connectivity index (χ2n) is 6.46. The van der Waals surface area contributed by atoms with E-state index < -0.39 is 0 Å². The Hall–Kier alpha value is -0.0400. The second kappa shape index (κ2) is 3.76. The summed E-state index contributed by atoms with van der Waals surface area (Å²) < 4.78 is 1.33. The van der Waals surface area contributed by atoms with E-state index in [4.69, 9.17) is 0 Å². The van der Waals surface area contributed by atoms with Gasteiger partial charge in [-0.05, 0) is 25.2 Å². The van der Waals surface area contributed by atoms with Crippen molar-refractivity contribution in [1.82, 2.24) is 0 Å². The summed E-state index contributed by atoms with van der Waals surface area (Å²) in [6.45, 7) is 12.5. The Morgan fingerprint density at radius 2 is 1.93 bits per heavy atom. The predicted octanol–water partition coefficient (Wildman–Crippen LogP) is 3.54. The number of rotatable bonds is 1. The summed E-state index contributed by atoms with van der Waals surface area (Å²) in [6, 6.07) is 0.933. The summed E-state index contributed by atoms with van der Waals surface area (Å²) in [7, 11) is 2.47. The maximum Gasteiger partial charge on any atom is 0.0945 e. The standard InChI is InChI=1S/C13H26N.CH4/c1-6-14(5)8-7-10(2)11-9-12(14)13(11,3)4;/h10-12H,6-9H2,1-5H3;1H4/q+1;. The van der Waals surface area contributed by atoms with Crippen LogP contribution in [0.3, 0.4) is 0 Å². The summed E-state index contributed by atoms with van der Waals surface area (Å²) >= 11 is 0. The Morgan fingerprint density at radius 1 is 1.33 bits per heavy atom. The van der Waals surface area contributed by atoms with Crippen LogP contribution in [0.25, 0.3) is 0 Å². The lowest BCUT2D eigenvalue weighted by Crippen LogP contribution is -2.65. The van der Waals surface area contributed by atoms with E-state index in [1.807, 2.05) is 0 Å². The van der Waals surface area contributed by atoms with Crippen LogP contribution in [-0.4, -0.2) is 30.7 Å². The van der Waals surface area contributed by atoms with E-state index in [0.29, 0.717) is 5.41 Å². The zero-order valence-corrected chi connectivity index (χ0v) is 10.5. The summed E-state index contributed by atoms with van der Waals surface area (Å²) in [5.41, 5.74) is 0.598. The molecular formula is C14H30N+. The number of fused-ring (bicyclic) bond motifs is 3. The predicted molar refractivity (Wildman–Crippen MR) is 67.8 cm³/mol. The lowest BCUT2D eigenvalue weighted by Gasteiger charge is -2.57. The fourth-order valence-corrected chi connectivity index (χ4v) is 4.19. The average Bonchev–Trinajstić information content (AvgIpc) is 2.30. The minimum absolute atomic E-state index is 0. The number of hydrogen-bond donors (Lipinski definition) is 0. The minimum Gasteiger partial charge on any atom is -0.323 e. The van der Waals surface area contributed by atoms with Crippen molar-refractivity contribution in [2.75, 3.05) is 20.1 Å². The molecular weight excluding hydrogens is 182 g/mol. The van der Waals surface area contributed by atoms with Gasteiger partial charge in [-0.15, -0.1) is 0 Å². The maximum absolute atomic E-state index is 2.50. The first-order valence-corrected chi connectivity index (χ1v) is 6.26. The molecule has 0 N–H and O–H groups in total. The zero-order chi connectivity index (χ0) is 10.6. The van der Waals surface area contributed by atoms with Gasteiger partial charge < -0.3 is 4.48 Å². The smallest absolute Gasteiger partial charge is 0.0945 e. The fraction of sp³-hybridized carbons (Fsp3) is 1.00. The van der Waals surface area contributed by atoms with Crippen LogP contribution in [0, 0.1) is 17.3 Å². The Kier molecular flexibility index (Phi) is 3.27. The van der Waals surface area contributed by atoms with Gasteiger partial charge in [0.2, 0.25) is 0 Å². The van der Waals surface area contributed by atoms with Crippen molar-refractivity contribution >= 4 is 0 Å². The molecule has 0 spiro atoms. The van der Waals surface area contributed by atoms with Crippen LogP contribution in [-0.2, 0) is 0 Å². The molecule has 0 amide bonds. The van der Waals surface area contributed by atoms with E-state index in [9.17, 15) is 0 Å². The molecule has 0 aromatic rings. The lowest BCUT2D eigenvalue weighted by molar-refractivity contribution is -0.944. The van der Waals surface area contributed by atoms with Crippen LogP contribution in [0.2, 0.25) is 0 Å². The molecule has 2 heterocycles. The van der Waals surface area contributed by atoms with Gasteiger partial charge in [0, 0.05) is 11.8 Å². The molecule has 15 heavy (non-hydrogen) atoms. The second-order valence-corrected chi connectivity index (χ2v) is 6.46. The van der Waals surface area contributed by atoms with Crippen LogP contribution in [0.4, 0.5) is 0 Å². The van der Waals surface area contributed by atoms with Crippen LogP contribution in [0.15, 0.2) is 0 Å². The van der Waals surface area contributed by atoms with E-state index in [1.165, 1.54) is 30.4 Å². The highest BCUT2D eigenvalue weighted by atomic mass is 15.4. The molecule has 1 saturated carbocycles. The molecule has 1 aliphatic carbocycles. The number of hydrogen-bond acceptors (Lipinski definition) is 0. The first-order chi connectivity index (χ1) is 6.42. The molecule has 2 aliphatic heterocycles. The van der Waals surface area contributed by atoms with E-state index in [0.717, 1.165) is 17.9 Å². The Bertz CT molecular complexity index is 233. The molecule has 4 unspecified atom stereocenters. The molecule has 2 saturated heterocycles. The largest absolute Gasteiger partial charge is 0.323 e. The fourth-order valence-electron chi connectivity index (χ4n) is 4.19. The van der Waals surface area contributed by atoms with Crippen LogP contribution in [0.5, 0.6) is 0 Å². The van der Waals surface area contributed by atoms with Gasteiger partial charge in [-0.1, -0.05) is 28.2 Å². The molecule has 0 aromatic heterocycles. The first kappa shape index (κ1) is 13.0. The summed E-state index contributed by atoms with van der Waals surface area (Å²) in [6.07, 6.45) is 2.92. The molecule has 3 rings (SSSR count). The van der Waals surface area contributed by atoms with Crippen molar-refractivity contribution in [2.24, 2.45) is 17.3 Å². The van der Waals surface area contributed by atoms with Crippen molar-refractivity contribution in [3.63, 3.8) is 0 Å². The topological polar surface area (TPSA) is 0 Å². The van der Waals surface area contributed by atoms with Crippen LogP contribution >= 0.6 is 0 Å². The van der Waals surface area contributed by atoms with Gasteiger partial charge in [-0.25, -0.2) is 0 Å². The molecule has 90 valence electrons. The average molecular weight is 212 g/mol. The van der Waals surface area contributed by atoms with Gasteiger partial charge >= 0.3 is 0 Å². The summed E-state index contributed by atoms with van der Waals surface area (Å²) in [5.74, 6) is 1.95. The first-order valence-electron chi connectivity index (χ1n) is 6.26. The van der Waals surface area contributed by atoms with E-state index in [2.05, 4.69) is 34.7 Å². The molecule has 1 heteroatoms. The number of quaternary nitrogens is 1. The van der Waals surface area contributed by atoms with E-state index in [-0.39, 0.29) is 7.43 Å². The van der Waals surface area contributed by atoms with E-state index >= 15 is 0 Å². The molecule has 4 atom stereocenters. The molecule has 0 aromatic carbocycles. The lowest BCUT2D eigenvalue weighted by atomic mass is 9.54. The van der Waals surface area contributed by atoms with Gasteiger partial charge in [-0.2, -0.15) is 0 Å². The van der Waals surface area contributed by atoms with Gasteiger partial charge in [0.1, 0.15) is 0 Å². The van der Waals surface area contributed by atoms with Gasteiger partial charge in [-0.3, -0.25) is 0 Å². The Balaban J connectivity index is 0.00000112. The molecule has 3 fully saturated rings. The third kappa shape index (κ3) is 1.63. The quantitative estimate of drug-likeness (QED) is 0.583. The van der Waals surface area contributed by atoms with Gasteiger partial charge in [0.25, 0.3) is 0 Å². The third-order valence-corrected chi connectivity index (χ3v) is 5.55. The van der Waals surface area contributed by atoms with Crippen molar-refractivity contribution < 1.29 is 4.48 Å². The van der Waals surface area contributed by atoms with Crippen molar-refractivity contribution in [3.05, 3.63) is 0 Å². The van der Waals surface area contributed by atoms with Gasteiger partial charge in [0.15, 0.2) is 0 Å². The summed E-state index contributed by atoms with van der Waals surface area (Å²) in [5, 5.41) is 0. The van der Waals surface area contributed by atoms with Crippen LogP contribution < -0.4 is 0 Å². The van der Waals surface area contributed by atoms with Crippen molar-refractivity contribution in [1.29, 1.82) is 0 Å². The SMILES string of the molecule is C.CC[N+]1(C)CCC(C)C2CC1C2(C)C. The highest BCUT2D eigenvalue weighted by Gasteiger charge is 2.60. The maximum atomic E-state index is 2.50. The van der Waals surface area contributed by atoms with E-state index in [1.54, 1.807) is 0 Å².